The first-order valence-electron chi connectivity index (χ1n) is 5.20. The summed E-state index contributed by atoms with van der Waals surface area (Å²) in [6.45, 7) is 3.60. The molecule has 0 aromatic carbocycles. The van der Waals surface area contributed by atoms with Gasteiger partial charge < -0.3 is 14.1 Å². The number of nitrogens with zero attached hydrogens (tertiary/aromatic N) is 3. The Morgan fingerprint density at radius 1 is 1.44 bits per heavy atom. The molecule has 0 saturated heterocycles. The molecule has 0 fully saturated rings. The monoisotopic (exact) mass is 249 g/mol. The SMILES string of the molecule is Cc1nnc(Cn2cc(C(=O)O)c(=O)cc2C)o1. The zero-order valence-electron chi connectivity index (χ0n) is 9.88. The van der Waals surface area contributed by atoms with Gasteiger partial charge in [-0.1, -0.05) is 0 Å². The molecule has 0 amide bonds. The van der Waals surface area contributed by atoms with Gasteiger partial charge in [0.2, 0.25) is 11.8 Å². The number of carbonyl (C=O) groups is 1. The van der Waals surface area contributed by atoms with Gasteiger partial charge in [-0.15, -0.1) is 10.2 Å². The molecular weight excluding hydrogens is 238 g/mol. The van der Waals surface area contributed by atoms with Gasteiger partial charge in [-0.3, -0.25) is 4.79 Å². The normalized spacial score (nSPS) is 10.6. The van der Waals surface area contributed by atoms with Gasteiger partial charge in [0.1, 0.15) is 12.1 Å². The van der Waals surface area contributed by atoms with Crippen molar-refractivity contribution in [1.82, 2.24) is 14.8 Å². The standard InChI is InChI=1S/C11H11N3O4/c1-6-3-9(15)8(11(16)17)4-14(6)5-10-13-12-7(2)18-10/h3-4H,5H2,1-2H3,(H,16,17). The number of carboxylic acid groups (broad SMARTS) is 1. The van der Waals surface area contributed by atoms with Crippen molar-refractivity contribution in [3.8, 4) is 0 Å². The first-order valence-corrected chi connectivity index (χ1v) is 5.20. The third-order valence-corrected chi connectivity index (χ3v) is 2.45. The molecule has 94 valence electrons. The van der Waals surface area contributed by atoms with Gasteiger partial charge in [-0.2, -0.15) is 0 Å². The van der Waals surface area contributed by atoms with Crippen LogP contribution in [0.25, 0.3) is 0 Å². The molecule has 2 rings (SSSR count). The Kier molecular flexibility index (Phi) is 2.97. The van der Waals surface area contributed by atoms with E-state index >= 15 is 0 Å². The van der Waals surface area contributed by atoms with E-state index in [9.17, 15) is 9.59 Å². The molecule has 0 spiro atoms. The van der Waals surface area contributed by atoms with Gasteiger partial charge in [-0.25, -0.2) is 4.79 Å². The van der Waals surface area contributed by atoms with Crippen molar-refractivity contribution in [3.05, 3.63) is 45.5 Å². The van der Waals surface area contributed by atoms with Crippen LogP contribution in [0.1, 0.15) is 27.8 Å². The van der Waals surface area contributed by atoms with Crippen molar-refractivity contribution in [2.75, 3.05) is 0 Å². The highest BCUT2D eigenvalue weighted by molar-refractivity contribution is 5.87. The minimum Gasteiger partial charge on any atom is -0.477 e. The number of pyridine rings is 1. The highest BCUT2D eigenvalue weighted by Gasteiger charge is 2.12. The van der Waals surface area contributed by atoms with Gasteiger partial charge in [0.05, 0.1) is 0 Å². The summed E-state index contributed by atoms with van der Waals surface area (Å²) in [5.74, 6) is -0.465. The number of aromatic carboxylic acids is 1. The quantitative estimate of drug-likeness (QED) is 0.855. The van der Waals surface area contributed by atoms with Crippen LogP contribution in [0.15, 0.2) is 21.5 Å². The molecular formula is C11H11N3O4. The fraction of sp³-hybridized carbons (Fsp3) is 0.273. The van der Waals surface area contributed by atoms with Crippen LogP contribution < -0.4 is 5.43 Å². The molecule has 0 aliphatic rings. The summed E-state index contributed by atoms with van der Waals surface area (Å²) in [4.78, 5) is 22.3. The van der Waals surface area contributed by atoms with E-state index < -0.39 is 11.4 Å². The molecule has 7 heteroatoms. The van der Waals surface area contributed by atoms with E-state index in [2.05, 4.69) is 10.2 Å². The van der Waals surface area contributed by atoms with Crippen LogP contribution in [0, 0.1) is 13.8 Å². The Morgan fingerprint density at radius 3 is 2.72 bits per heavy atom. The second-order valence-corrected chi connectivity index (χ2v) is 3.84. The molecule has 1 N–H and O–H groups in total. The lowest BCUT2D eigenvalue weighted by molar-refractivity contribution is 0.0694. The molecule has 0 aliphatic heterocycles. The number of hydrogen-bond acceptors (Lipinski definition) is 5. The molecule has 0 atom stereocenters. The molecule has 18 heavy (non-hydrogen) atoms. The molecule has 2 heterocycles. The second kappa shape index (κ2) is 4.44. The Balaban J connectivity index is 2.41. The number of carboxylic acids is 1. The first kappa shape index (κ1) is 12.0. The fourth-order valence-corrected chi connectivity index (χ4v) is 1.55. The number of rotatable bonds is 3. The van der Waals surface area contributed by atoms with Crippen molar-refractivity contribution in [2.45, 2.75) is 20.4 Å². The fourth-order valence-electron chi connectivity index (χ4n) is 1.55. The lowest BCUT2D eigenvalue weighted by atomic mass is 10.2. The van der Waals surface area contributed by atoms with Crippen molar-refractivity contribution in [2.24, 2.45) is 0 Å². The van der Waals surface area contributed by atoms with Crippen LogP contribution in [0.2, 0.25) is 0 Å². The Hall–Kier alpha value is -2.44. The summed E-state index contributed by atoms with van der Waals surface area (Å²) in [6.07, 6.45) is 1.28. The predicted molar refractivity (Wildman–Crippen MR) is 60.5 cm³/mol. The minimum absolute atomic E-state index is 0.229. The van der Waals surface area contributed by atoms with Crippen molar-refractivity contribution in [3.63, 3.8) is 0 Å². The summed E-state index contributed by atoms with van der Waals surface area (Å²) in [6, 6.07) is 1.27. The molecule has 0 bridgehead atoms. The Morgan fingerprint density at radius 2 is 2.17 bits per heavy atom. The van der Waals surface area contributed by atoms with E-state index in [1.165, 1.54) is 12.3 Å². The van der Waals surface area contributed by atoms with Crippen LogP contribution in [0.3, 0.4) is 0 Å². The first-order chi connectivity index (χ1) is 8.47. The minimum atomic E-state index is -1.25. The van der Waals surface area contributed by atoms with E-state index in [0.29, 0.717) is 17.5 Å². The van der Waals surface area contributed by atoms with Crippen LogP contribution in [0.4, 0.5) is 0 Å². The number of aromatic nitrogens is 3. The third-order valence-electron chi connectivity index (χ3n) is 2.45. The van der Waals surface area contributed by atoms with Crippen LogP contribution >= 0.6 is 0 Å². The average molecular weight is 249 g/mol. The van der Waals surface area contributed by atoms with Crippen LogP contribution in [0.5, 0.6) is 0 Å². The zero-order valence-corrected chi connectivity index (χ0v) is 9.88. The van der Waals surface area contributed by atoms with Crippen LogP contribution in [-0.4, -0.2) is 25.8 Å². The zero-order chi connectivity index (χ0) is 13.3. The predicted octanol–water partition coefficient (Wildman–Crippen LogP) is 0.595. The molecule has 7 nitrogen and oxygen atoms in total. The summed E-state index contributed by atoms with van der Waals surface area (Å²) in [7, 11) is 0. The lowest BCUT2D eigenvalue weighted by Crippen LogP contribution is -2.19. The highest BCUT2D eigenvalue weighted by Crippen LogP contribution is 2.05. The topological polar surface area (TPSA) is 98.2 Å². The second-order valence-electron chi connectivity index (χ2n) is 3.84. The van der Waals surface area contributed by atoms with Gasteiger partial charge >= 0.3 is 5.97 Å². The molecule has 0 saturated carbocycles. The molecule has 2 aromatic heterocycles. The average Bonchev–Trinajstić information content (AvgIpc) is 2.67. The smallest absolute Gasteiger partial charge is 0.341 e. The van der Waals surface area contributed by atoms with E-state index in [1.807, 2.05) is 0 Å². The van der Waals surface area contributed by atoms with E-state index in [4.69, 9.17) is 9.52 Å². The van der Waals surface area contributed by atoms with Gasteiger partial charge in [0.25, 0.3) is 0 Å². The number of aryl methyl sites for hydroxylation is 2. The van der Waals surface area contributed by atoms with Gasteiger partial charge in [0.15, 0.2) is 5.43 Å². The van der Waals surface area contributed by atoms with E-state index in [1.54, 1.807) is 18.4 Å². The van der Waals surface area contributed by atoms with E-state index in [0.717, 1.165) is 0 Å². The summed E-state index contributed by atoms with van der Waals surface area (Å²) >= 11 is 0. The molecule has 0 aliphatic carbocycles. The van der Waals surface area contributed by atoms with E-state index in [-0.39, 0.29) is 12.1 Å². The van der Waals surface area contributed by atoms with Crippen LogP contribution in [-0.2, 0) is 6.54 Å². The van der Waals surface area contributed by atoms with Gasteiger partial charge in [0, 0.05) is 24.9 Å². The number of hydrogen-bond donors (Lipinski definition) is 1. The van der Waals surface area contributed by atoms with Crippen molar-refractivity contribution in [1.29, 1.82) is 0 Å². The summed E-state index contributed by atoms with van der Waals surface area (Å²) in [5.41, 5.74) is -0.171. The Labute approximate surface area is 102 Å². The summed E-state index contributed by atoms with van der Waals surface area (Å²) in [5, 5.41) is 16.4. The maximum Gasteiger partial charge on any atom is 0.341 e. The summed E-state index contributed by atoms with van der Waals surface area (Å²) < 4.78 is 6.79. The van der Waals surface area contributed by atoms with Gasteiger partial charge in [-0.05, 0) is 6.92 Å². The molecule has 0 unspecified atom stereocenters. The van der Waals surface area contributed by atoms with Crippen molar-refractivity contribution < 1.29 is 14.3 Å². The highest BCUT2D eigenvalue weighted by atomic mass is 16.4. The Bertz CT molecular complexity index is 657. The lowest BCUT2D eigenvalue weighted by Gasteiger charge is -2.08. The maximum absolute atomic E-state index is 11.4. The maximum atomic E-state index is 11.4. The third kappa shape index (κ3) is 2.29. The molecule has 2 aromatic rings. The largest absolute Gasteiger partial charge is 0.477 e. The van der Waals surface area contributed by atoms with Crippen molar-refractivity contribution >= 4 is 5.97 Å². The molecule has 0 radical (unpaired) electrons.